The molecule has 3 rings (SSSR count). The molecule has 0 bridgehead atoms. The van der Waals surface area contributed by atoms with E-state index in [1.54, 1.807) is 0 Å². The third kappa shape index (κ3) is 2.39. The number of urea groups is 1. The molecule has 110 valence electrons. The van der Waals surface area contributed by atoms with Crippen LogP contribution in [0.25, 0.3) is 0 Å². The molecule has 0 saturated carbocycles. The summed E-state index contributed by atoms with van der Waals surface area (Å²) < 4.78 is 5.01. The van der Waals surface area contributed by atoms with Gasteiger partial charge >= 0.3 is 12.0 Å². The first kappa shape index (κ1) is 13.7. The fraction of sp³-hybridized carbons (Fsp3) is 0.375. The highest BCUT2D eigenvalue weighted by molar-refractivity contribution is 5.97. The molecule has 2 heterocycles. The van der Waals surface area contributed by atoms with Gasteiger partial charge in [-0.25, -0.2) is 9.59 Å². The molecule has 1 aromatic carbocycles. The van der Waals surface area contributed by atoms with E-state index in [1.807, 2.05) is 24.3 Å². The SMILES string of the molecule is CC(C)(C)c1ccc(C2NC(=O)NC3=C2C(=O)OC3)cc1. The smallest absolute Gasteiger partial charge is 0.338 e. The van der Waals surface area contributed by atoms with Crippen molar-refractivity contribution in [2.75, 3.05) is 6.61 Å². The molecule has 1 unspecified atom stereocenters. The Hall–Kier alpha value is -2.30. The van der Waals surface area contributed by atoms with Gasteiger partial charge in [-0.2, -0.15) is 0 Å². The van der Waals surface area contributed by atoms with E-state index in [0.29, 0.717) is 11.3 Å². The standard InChI is InChI=1S/C16H18N2O3/c1-16(2,3)10-6-4-9(5-7-10)13-12-11(8-21-14(12)19)17-15(20)18-13/h4-7,13H,8H2,1-3H3,(H2,17,18,20). The minimum atomic E-state index is -0.447. The normalized spacial score (nSPS) is 21.6. The van der Waals surface area contributed by atoms with E-state index in [1.165, 1.54) is 5.56 Å². The van der Waals surface area contributed by atoms with Crippen LogP contribution in [-0.4, -0.2) is 18.6 Å². The quantitative estimate of drug-likeness (QED) is 0.777. The van der Waals surface area contributed by atoms with Crippen molar-refractivity contribution in [2.45, 2.75) is 32.2 Å². The number of hydrogen-bond donors (Lipinski definition) is 2. The van der Waals surface area contributed by atoms with Gasteiger partial charge in [0.15, 0.2) is 0 Å². The third-order valence-corrected chi connectivity index (χ3v) is 3.83. The lowest BCUT2D eigenvalue weighted by Gasteiger charge is -2.26. The second-order valence-electron chi connectivity index (χ2n) is 6.37. The Balaban J connectivity index is 1.97. The molecule has 2 amide bonds. The first-order valence-corrected chi connectivity index (χ1v) is 6.94. The lowest BCUT2D eigenvalue weighted by molar-refractivity contribution is -0.136. The molecule has 1 aromatic rings. The van der Waals surface area contributed by atoms with Crippen LogP contribution in [0.1, 0.15) is 37.9 Å². The minimum Gasteiger partial charge on any atom is -0.456 e. The molecule has 0 spiro atoms. The number of cyclic esters (lactones) is 1. The van der Waals surface area contributed by atoms with Crippen LogP contribution >= 0.6 is 0 Å². The third-order valence-electron chi connectivity index (χ3n) is 3.83. The number of esters is 1. The maximum absolute atomic E-state index is 11.9. The highest BCUT2D eigenvalue weighted by Crippen LogP contribution is 2.32. The minimum absolute atomic E-state index is 0.0621. The highest BCUT2D eigenvalue weighted by atomic mass is 16.5. The van der Waals surface area contributed by atoms with Gasteiger partial charge in [0.1, 0.15) is 6.61 Å². The summed E-state index contributed by atoms with van der Waals surface area (Å²) in [4.78, 5) is 23.6. The van der Waals surface area contributed by atoms with Gasteiger partial charge in [-0.3, -0.25) is 0 Å². The summed E-state index contributed by atoms with van der Waals surface area (Å²) in [5.41, 5.74) is 3.21. The predicted molar refractivity (Wildman–Crippen MR) is 77.5 cm³/mol. The second-order valence-corrected chi connectivity index (χ2v) is 6.37. The van der Waals surface area contributed by atoms with Crippen molar-refractivity contribution in [3.63, 3.8) is 0 Å². The molecule has 2 aliphatic heterocycles. The Morgan fingerprint density at radius 2 is 1.81 bits per heavy atom. The maximum atomic E-state index is 11.9. The number of benzene rings is 1. The van der Waals surface area contributed by atoms with Gasteiger partial charge in [-0.15, -0.1) is 0 Å². The molecular formula is C16H18N2O3. The van der Waals surface area contributed by atoms with Gasteiger partial charge in [-0.1, -0.05) is 45.0 Å². The summed E-state index contributed by atoms with van der Waals surface area (Å²) in [6, 6.07) is 7.21. The lowest BCUT2D eigenvalue weighted by atomic mass is 9.85. The van der Waals surface area contributed by atoms with Crippen LogP contribution in [0.4, 0.5) is 4.79 Å². The molecule has 0 aromatic heterocycles. The molecule has 2 aliphatic rings. The maximum Gasteiger partial charge on any atom is 0.338 e. The Bertz CT molecular complexity index is 638. The summed E-state index contributed by atoms with van der Waals surface area (Å²) in [5.74, 6) is -0.373. The Kier molecular flexibility index (Phi) is 3.01. The predicted octanol–water partition coefficient (Wildman–Crippen LogP) is 2.15. The molecule has 1 atom stereocenters. The van der Waals surface area contributed by atoms with Crippen molar-refractivity contribution in [2.24, 2.45) is 0 Å². The van der Waals surface area contributed by atoms with Crippen molar-refractivity contribution < 1.29 is 14.3 Å². The number of carbonyl (C=O) groups is 2. The number of ether oxygens (including phenoxy) is 1. The largest absolute Gasteiger partial charge is 0.456 e. The summed E-state index contributed by atoms with van der Waals surface area (Å²) in [5, 5.41) is 5.41. The number of hydrogen-bond acceptors (Lipinski definition) is 3. The second kappa shape index (κ2) is 4.62. The average molecular weight is 286 g/mol. The fourth-order valence-electron chi connectivity index (χ4n) is 2.61. The molecular weight excluding hydrogens is 268 g/mol. The van der Waals surface area contributed by atoms with E-state index < -0.39 is 6.04 Å². The Morgan fingerprint density at radius 1 is 1.14 bits per heavy atom. The van der Waals surface area contributed by atoms with Crippen LogP contribution in [0, 0.1) is 0 Å². The van der Waals surface area contributed by atoms with E-state index in [9.17, 15) is 9.59 Å². The summed E-state index contributed by atoms with van der Waals surface area (Å²) in [6.45, 7) is 6.56. The molecule has 0 aliphatic carbocycles. The topological polar surface area (TPSA) is 67.4 Å². The zero-order valence-corrected chi connectivity index (χ0v) is 12.3. The van der Waals surface area contributed by atoms with Crippen LogP contribution in [0.15, 0.2) is 35.5 Å². The van der Waals surface area contributed by atoms with Gasteiger partial charge in [0, 0.05) is 0 Å². The van der Waals surface area contributed by atoms with Crippen LogP contribution < -0.4 is 10.6 Å². The molecule has 5 nitrogen and oxygen atoms in total. The van der Waals surface area contributed by atoms with Crippen LogP contribution in [0.3, 0.4) is 0 Å². The van der Waals surface area contributed by atoms with E-state index in [2.05, 4.69) is 31.4 Å². The van der Waals surface area contributed by atoms with E-state index in [4.69, 9.17) is 4.74 Å². The zero-order chi connectivity index (χ0) is 15.2. The van der Waals surface area contributed by atoms with Crippen molar-refractivity contribution in [3.8, 4) is 0 Å². The average Bonchev–Trinajstić information content (AvgIpc) is 2.78. The molecule has 0 fully saturated rings. The zero-order valence-electron chi connectivity index (χ0n) is 12.3. The molecule has 21 heavy (non-hydrogen) atoms. The number of amides is 2. The summed E-state index contributed by atoms with van der Waals surface area (Å²) in [6.07, 6.45) is 0. The van der Waals surface area contributed by atoms with Gasteiger partial charge in [-0.05, 0) is 16.5 Å². The van der Waals surface area contributed by atoms with Crippen molar-refractivity contribution in [1.29, 1.82) is 0 Å². The van der Waals surface area contributed by atoms with Gasteiger partial charge in [0.25, 0.3) is 0 Å². The summed E-state index contributed by atoms with van der Waals surface area (Å²) in [7, 11) is 0. The van der Waals surface area contributed by atoms with E-state index in [-0.39, 0.29) is 24.0 Å². The first-order valence-electron chi connectivity index (χ1n) is 6.94. The Morgan fingerprint density at radius 3 is 2.43 bits per heavy atom. The molecule has 5 heteroatoms. The fourth-order valence-corrected chi connectivity index (χ4v) is 2.61. The highest BCUT2D eigenvalue weighted by Gasteiger charge is 2.37. The van der Waals surface area contributed by atoms with E-state index in [0.717, 1.165) is 5.56 Å². The summed E-state index contributed by atoms with van der Waals surface area (Å²) >= 11 is 0. The molecule has 0 saturated heterocycles. The van der Waals surface area contributed by atoms with Crippen LogP contribution in [0.2, 0.25) is 0 Å². The lowest BCUT2D eigenvalue weighted by Crippen LogP contribution is -2.44. The van der Waals surface area contributed by atoms with Crippen molar-refractivity contribution in [1.82, 2.24) is 10.6 Å². The number of rotatable bonds is 1. The van der Waals surface area contributed by atoms with Gasteiger partial charge in [0.05, 0.1) is 17.3 Å². The van der Waals surface area contributed by atoms with Crippen molar-refractivity contribution >= 4 is 12.0 Å². The monoisotopic (exact) mass is 286 g/mol. The number of carbonyl (C=O) groups excluding carboxylic acids is 2. The Labute approximate surface area is 123 Å². The van der Waals surface area contributed by atoms with Gasteiger partial charge < -0.3 is 15.4 Å². The van der Waals surface area contributed by atoms with Crippen LogP contribution in [0.5, 0.6) is 0 Å². The number of nitrogens with one attached hydrogen (secondary N) is 2. The van der Waals surface area contributed by atoms with E-state index >= 15 is 0 Å². The van der Waals surface area contributed by atoms with Crippen molar-refractivity contribution in [3.05, 3.63) is 46.7 Å². The van der Waals surface area contributed by atoms with Gasteiger partial charge in [0.2, 0.25) is 0 Å². The molecule has 2 N–H and O–H groups in total. The van der Waals surface area contributed by atoms with Crippen LogP contribution in [-0.2, 0) is 14.9 Å². The molecule has 0 radical (unpaired) electrons. The first-order chi connectivity index (χ1) is 9.86.